The molecule has 6 rings (SSSR count). The zero-order chi connectivity index (χ0) is 20.8. The Balaban J connectivity index is 1.66. The van der Waals surface area contributed by atoms with E-state index in [2.05, 4.69) is 95.9 Å². The summed E-state index contributed by atoms with van der Waals surface area (Å²) in [7, 11) is 0. The van der Waals surface area contributed by atoms with Gasteiger partial charge in [-0.3, -0.25) is 4.90 Å². The van der Waals surface area contributed by atoms with Gasteiger partial charge in [0.1, 0.15) is 5.60 Å². The highest BCUT2D eigenvalue weighted by Crippen LogP contribution is 2.55. The van der Waals surface area contributed by atoms with Crippen molar-refractivity contribution in [2.75, 3.05) is 13.1 Å². The molecule has 0 amide bonds. The van der Waals surface area contributed by atoms with E-state index >= 15 is 0 Å². The standard InChI is InChI=1S/C29H27NO/c31-29(26-17-6-4-14-23(26)24-15-5-7-18-27(24)29)28(30-19-8-1-9-20-30)25-16-10-12-21-11-2-3-13-22(21)25/h2-7,10-18,28,31H,1,8-9,19-20H2/t28-/m1/s1. The smallest absolute Gasteiger partial charge is 0.135 e. The molecule has 154 valence electrons. The van der Waals surface area contributed by atoms with Crippen LogP contribution in [0.1, 0.15) is 42.0 Å². The summed E-state index contributed by atoms with van der Waals surface area (Å²) in [6.07, 6.45) is 3.63. The number of rotatable bonds is 3. The minimum absolute atomic E-state index is 0.135. The molecular formula is C29H27NO. The Morgan fingerprint density at radius 2 is 1.23 bits per heavy atom. The van der Waals surface area contributed by atoms with Crippen LogP contribution in [0.3, 0.4) is 0 Å². The van der Waals surface area contributed by atoms with E-state index in [0.29, 0.717) is 0 Å². The van der Waals surface area contributed by atoms with Crippen LogP contribution in [0.25, 0.3) is 21.9 Å². The van der Waals surface area contributed by atoms with Gasteiger partial charge in [0.2, 0.25) is 0 Å². The maximum atomic E-state index is 12.8. The summed E-state index contributed by atoms with van der Waals surface area (Å²) in [5.41, 5.74) is 4.49. The second kappa shape index (κ2) is 7.33. The van der Waals surface area contributed by atoms with E-state index in [4.69, 9.17) is 0 Å². The number of hydrogen-bond donors (Lipinski definition) is 1. The molecule has 1 saturated heterocycles. The van der Waals surface area contributed by atoms with Crippen LogP contribution in [-0.4, -0.2) is 23.1 Å². The van der Waals surface area contributed by atoms with Crippen molar-refractivity contribution in [3.05, 3.63) is 108 Å². The maximum Gasteiger partial charge on any atom is 0.135 e. The summed E-state index contributed by atoms with van der Waals surface area (Å²) >= 11 is 0. The van der Waals surface area contributed by atoms with Gasteiger partial charge in [-0.05, 0) is 64.5 Å². The van der Waals surface area contributed by atoms with Crippen molar-refractivity contribution >= 4 is 10.8 Å². The lowest BCUT2D eigenvalue weighted by atomic mass is 9.78. The number of piperidine rings is 1. The Kier molecular flexibility index (Phi) is 4.45. The van der Waals surface area contributed by atoms with Crippen LogP contribution in [0.15, 0.2) is 91.0 Å². The predicted molar refractivity (Wildman–Crippen MR) is 127 cm³/mol. The molecule has 4 aromatic rings. The van der Waals surface area contributed by atoms with E-state index in [1.54, 1.807) is 0 Å². The summed E-state index contributed by atoms with van der Waals surface area (Å²) in [6.45, 7) is 2.03. The molecule has 1 fully saturated rings. The fourth-order valence-electron chi connectivity index (χ4n) is 5.89. The lowest BCUT2D eigenvalue weighted by molar-refractivity contribution is -0.0260. The Morgan fingerprint density at radius 1 is 0.645 bits per heavy atom. The summed E-state index contributed by atoms with van der Waals surface area (Å²) in [5, 5.41) is 15.2. The molecule has 1 aliphatic heterocycles. The molecule has 0 spiro atoms. The number of benzene rings is 4. The van der Waals surface area contributed by atoms with E-state index in [9.17, 15) is 5.11 Å². The van der Waals surface area contributed by atoms with Crippen molar-refractivity contribution in [3.63, 3.8) is 0 Å². The first kappa shape index (κ1) is 18.8. The Hall–Kier alpha value is -2.94. The lowest BCUT2D eigenvalue weighted by Crippen LogP contribution is -2.46. The average molecular weight is 406 g/mol. The summed E-state index contributed by atoms with van der Waals surface area (Å²) in [6, 6.07) is 31.8. The molecule has 1 atom stereocenters. The van der Waals surface area contributed by atoms with Crippen LogP contribution in [0, 0.1) is 0 Å². The van der Waals surface area contributed by atoms with Crippen LogP contribution in [0.2, 0.25) is 0 Å². The Bertz CT molecular complexity index is 1200. The first-order valence-electron chi connectivity index (χ1n) is 11.4. The van der Waals surface area contributed by atoms with Gasteiger partial charge in [0, 0.05) is 0 Å². The quantitative estimate of drug-likeness (QED) is 0.433. The van der Waals surface area contributed by atoms with Gasteiger partial charge in [-0.25, -0.2) is 0 Å². The highest BCUT2D eigenvalue weighted by atomic mass is 16.3. The minimum atomic E-state index is -1.09. The van der Waals surface area contributed by atoms with Crippen LogP contribution in [0.4, 0.5) is 0 Å². The van der Waals surface area contributed by atoms with Gasteiger partial charge >= 0.3 is 0 Å². The number of nitrogens with zero attached hydrogens (tertiary/aromatic N) is 1. The van der Waals surface area contributed by atoms with Crippen molar-refractivity contribution in [1.82, 2.24) is 4.90 Å². The molecule has 0 aromatic heterocycles. The highest BCUT2D eigenvalue weighted by molar-refractivity contribution is 5.87. The van der Waals surface area contributed by atoms with E-state index in [1.807, 2.05) is 0 Å². The normalized spacial score (nSPS) is 18.5. The maximum absolute atomic E-state index is 12.8. The van der Waals surface area contributed by atoms with Crippen LogP contribution in [-0.2, 0) is 5.60 Å². The van der Waals surface area contributed by atoms with Crippen molar-refractivity contribution in [2.45, 2.75) is 30.9 Å². The van der Waals surface area contributed by atoms with Crippen LogP contribution < -0.4 is 0 Å². The number of aliphatic hydroxyl groups is 1. The average Bonchev–Trinajstić information content (AvgIpc) is 3.10. The summed E-state index contributed by atoms with van der Waals surface area (Å²) < 4.78 is 0. The summed E-state index contributed by atoms with van der Waals surface area (Å²) in [5.74, 6) is 0. The van der Waals surface area contributed by atoms with Gasteiger partial charge in [0.25, 0.3) is 0 Å². The van der Waals surface area contributed by atoms with Crippen molar-refractivity contribution in [1.29, 1.82) is 0 Å². The molecule has 1 aliphatic carbocycles. The molecule has 4 aromatic carbocycles. The van der Waals surface area contributed by atoms with Gasteiger partial charge < -0.3 is 5.11 Å². The molecule has 0 radical (unpaired) electrons. The molecule has 31 heavy (non-hydrogen) atoms. The molecule has 0 bridgehead atoms. The van der Waals surface area contributed by atoms with Crippen molar-refractivity contribution < 1.29 is 5.11 Å². The Labute approximate surface area is 183 Å². The molecule has 2 nitrogen and oxygen atoms in total. The number of hydrogen-bond acceptors (Lipinski definition) is 2. The van der Waals surface area contributed by atoms with E-state index < -0.39 is 5.60 Å². The summed E-state index contributed by atoms with van der Waals surface area (Å²) in [4.78, 5) is 2.53. The van der Waals surface area contributed by atoms with Gasteiger partial charge in [-0.2, -0.15) is 0 Å². The predicted octanol–water partition coefficient (Wildman–Crippen LogP) is 6.28. The van der Waals surface area contributed by atoms with Crippen LogP contribution in [0.5, 0.6) is 0 Å². The third-order valence-electron chi connectivity index (χ3n) is 7.24. The Morgan fingerprint density at radius 3 is 1.94 bits per heavy atom. The molecule has 0 unspecified atom stereocenters. The second-order valence-electron chi connectivity index (χ2n) is 8.93. The van der Waals surface area contributed by atoms with Gasteiger partial charge in [-0.1, -0.05) is 97.4 Å². The molecule has 0 saturated carbocycles. The topological polar surface area (TPSA) is 23.5 Å². The van der Waals surface area contributed by atoms with Gasteiger partial charge in [0.05, 0.1) is 6.04 Å². The van der Waals surface area contributed by atoms with Crippen molar-refractivity contribution in [2.24, 2.45) is 0 Å². The minimum Gasteiger partial charge on any atom is -0.378 e. The first-order chi connectivity index (χ1) is 15.3. The zero-order valence-electron chi connectivity index (χ0n) is 17.7. The molecular weight excluding hydrogens is 378 g/mol. The molecule has 1 N–H and O–H groups in total. The zero-order valence-corrected chi connectivity index (χ0v) is 17.7. The molecule has 2 heteroatoms. The first-order valence-corrected chi connectivity index (χ1v) is 11.4. The molecule has 1 heterocycles. The fourth-order valence-corrected chi connectivity index (χ4v) is 5.89. The number of likely N-dealkylation sites (tertiary alicyclic amines) is 1. The van der Waals surface area contributed by atoms with E-state index in [-0.39, 0.29) is 6.04 Å². The van der Waals surface area contributed by atoms with Crippen molar-refractivity contribution in [3.8, 4) is 11.1 Å². The third-order valence-corrected chi connectivity index (χ3v) is 7.24. The van der Waals surface area contributed by atoms with E-state index in [0.717, 1.165) is 35.3 Å². The SMILES string of the molecule is OC1([C@@H](c2cccc3ccccc23)N2CCCCC2)c2ccccc2-c2ccccc21. The van der Waals surface area contributed by atoms with Gasteiger partial charge in [-0.15, -0.1) is 0 Å². The number of fused-ring (bicyclic) bond motifs is 4. The largest absolute Gasteiger partial charge is 0.378 e. The highest BCUT2D eigenvalue weighted by Gasteiger charge is 2.50. The van der Waals surface area contributed by atoms with Gasteiger partial charge in [0.15, 0.2) is 0 Å². The lowest BCUT2D eigenvalue weighted by Gasteiger charge is -2.44. The third kappa shape index (κ3) is 2.79. The molecule has 2 aliphatic rings. The monoisotopic (exact) mass is 405 g/mol. The second-order valence-corrected chi connectivity index (χ2v) is 8.93. The fraction of sp³-hybridized carbons (Fsp3) is 0.241. The van der Waals surface area contributed by atoms with E-state index in [1.165, 1.54) is 35.6 Å². The van der Waals surface area contributed by atoms with Crippen LogP contribution >= 0.6 is 0 Å².